The lowest BCUT2D eigenvalue weighted by Gasteiger charge is -2.08. The molecule has 2 aromatic heterocycles. The lowest BCUT2D eigenvalue weighted by atomic mass is 10.2. The predicted octanol–water partition coefficient (Wildman–Crippen LogP) is 2.15. The molecular weight excluding hydrogens is 425 g/mol. The lowest BCUT2D eigenvalue weighted by Crippen LogP contribution is -2.24. The molecule has 164 valence electrons. The van der Waals surface area contributed by atoms with E-state index in [4.69, 9.17) is 5.73 Å². The van der Waals surface area contributed by atoms with Crippen LogP contribution in [-0.2, 0) is 13.1 Å². The van der Waals surface area contributed by atoms with E-state index in [9.17, 15) is 22.8 Å². The van der Waals surface area contributed by atoms with Gasteiger partial charge in [0.05, 0.1) is 18.8 Å². The number of aryl methyl sites for hydroxylation is 1. The largest absolute Gasteiger partial charge is 0.364 e. The molecule has 4 rings (SSSR count). The highest BCUT2D eigenvalue weighted by molar-refractivity contribution is 5.90. The Morgan fingerprint density at radius 3 is 2.38 bits per heavy atom. The topological polar surface area (TPSA) is 101 Å². The highest BCUT2D eigenvalue weighted by Gasteiger charge is 2.15. The minimum absolute atomic E-state index is 0.0721. The Morgan fingerprint density at radius 1 is 1.03 bits per heavy atom. The number of halogens is 3. The number of imidazole rings is 1. The van der Waals surface area contributed by atoms with Crippen LogP contribution in [0.15, 0.2) is 53.7 Å². The molecule has 11 heteroatoms. The third-order valence-corrected chi connectivity index (χ3v) is 4.97. The highest BCUT2D eigenvalue weighted by atomic mass is 19.1. The summed E-state index contributed by atoms with van der Waals surface area (Å²) in [5, 5.41) is 3.92. The van der Waals surface area contributed by atoms with Gasteiger partial charge in [-0.05, 0) is 25.1 Å². The number of carbonyl (C=O) groups is 1. The first-order valence-corrected chi connectivity index (χ1v) is 9.44. The van der Waals surface area contributed by atoms with Gasteiger partial charge >= 0.3 is 5.69 Å². The standard InChI is InChI=1S/C21H17F3N6O2/c1-12-27-19(20(25)31)10-28(12)8-13-5-6-14(7-18(13)24)30-21(32)29(11-26-30)9-15-16(22)3-2-4-17(15)23/h2-7,10-11H,8-9H2,1H3,(H2,25,31). The molecule has 4 aromatic rings. The molecule has 2 aromatic carbocycles. The zero-order chi connectivity index (χ0) is 23.0. The van der Waals surface area contributed by atoms with Gasteiger partial charge in [-0.1, -0.05) is 12.1 Å². The van der Waals surface area contributed by atoms with Crippen LogP contribution in [0, 0.1) is 24.4 Å². The van der Waals surface area contributed by atoms with Crippen LogP contribution >= 0.6 is 0 Å². The van der Waals surface area contributed by atoms with Crippen LogP contribution in [0.25, 0.3) is 5.69 Å². The predicted molar refractivity (Wildman–Crippen MR) is 108 cm³/mol. The molecule has 0 unspecified atom stereocenters. The fourth-order valence-electron chi connectivity index (χ4n) is 3.24. The average Bonchev–Trinajstić information content (AvgIpc) is 3.29. The number of amides is 1. The van der Waals surface area contributed by atoms with E-state index < -0.39 is 29.0 Å². The SMILES string of the molecule is Cc1nc(C(N)=O)cn1Cc1ccc(-n2ncn(Cc3c(F)cccc3F)c2=O)cc1F. The van der Waals surface area contributed by atoms with E-state index in [0.717, 1.165) is 33.8 Å². The maximum absolute atomic E-state index is 14.7. The van der Waals surface area contributed by atoms with Crippen molar-refractivity contribution in [1.82, 2.24) is 23.9 Å². The zero-order valence-corrected chi connectivity index (χ0v) is 16.8. The second-order valence-electron chi connectivity index (χ2n) is 7.09. The first-order valence-electron chi connectivity index (χ1n) is 9.44. The summed E-state index contributed by atoms with van der Waals surface area (Å²) in [5.74, 6) is -2.38. The Hall–Kier alpha value is -4.15. The van der Waals surface area contributed by atoms with E-state index in [2.05, 4.69) is 10.1 Å². The first-order chi connectivity index (χ1) is 15.2. The van der Waals surface area contributed by atoms with E-state index in [1.54, 1.807) is 11.5 Å². The van der Waals surface area contributed by atoms with Crippen molar-refractivity contribution in [2.45, 2.75) is 20.0 Å². The third-order valence-electron chi connectivity index (χ3n) is 4.97. The molecule has 0 aliphatic heterocycles. The molecule has 0 spiro atoms. The van der Waals surface area contributed by atoms with Crippen molar-refractivity contribution in [3.63, 3.8) is 0 Å². The maximum Gasteiger partial charge on any atom is 0.350 e. The molecule has 0 radical (unpaired) electrons. The van der Waals surface area contributed by atoms with Crippen molar-refractivity contribution in [2.24, 2.45) is 5.73 Å². The highest BCUT2D eigenvalue weighted by Crippen LogP contribution is 2.16. The Kier molecular flexibility index (Phi) is 5.39. The van der Waals surface area contributed by atoms with Gasteiger partial charge in [0.25, 0.3) is 5.91 Å². The van der Waals surface area contributed by atoms with Crippen LogP contribution in [0.5, 0.6) is 0 Å². The van der Waals surface area contributed by atoms with Crippen molar-refractivity contribution in [1.29, 1.82) is 0 Å². The molecule has 2 heterocycles. The van der Waals surface area contributed by atoms with Gasteiger partial charge < -0.3 is 10.3 Å². The van der Waals surface area contributed by atoms with Crippen LogP contribution < -0.4 is 11.4 Å². The van der Waals surface area contributed by atoms with Gasteiger partial charge in [0.2, 0.25) is 0 Å². The molecule has 0 aliphatic carbocycles. The number of hydrogen-bond acceptors (Lipinski definition) is 4. The van der Waals surface area contributed by atoms with Gasteiger partial charge in [-0.2, -0.15) is 9.78 Å². The summed E-state index contributed by atoms with van der Waals surface area (Å²) in [7, 11) is 0. The summed E-state index contributed by atoms with van der Waals surface area (Å²) in [6.07, 6.45) is 2.55. The molecule has 8 nitrogen and oxygen atoms in total. The second kappa shape index (κ2) is 8.17. The lowest BCUT2D eigenvalue weighted by molar-refractivity contribution is 0.0996. The van der Waals surface area contributed by atoms with Gasteiger partial charge in [0.15, 0.2) is 0 Å². The number of benzene rings is 2. The summed E-state index contributed by atoms with van der Waals surface area (Å²) in [4.78, 5) is 27.9. The number of primary amides is 1. The normalized spacial score (nSPS) is 11.1. The summed E-state index contributed by atoms with van der Waals surface area (Å²) < 4.78 is 46.0. The zero-order valence-electron chi connectivity index (χ0n) is 16.8. The van der Waals surface area contributed by atoms with Crippen molar-refractivity contribution >= 4 is 5.91 Å². The van der Waals surface area contributed by atoms with Crippen LogP contribution in [-0.4, -0.2) is 29.8 Å². The van der Waals surface area contributed by atoms with Crippen LogP contribution in [0.3, 0.4) is 0 Å². The summed E-state index contributed by atoms with van der Waals surface area (Å²) >= 11 is 0. The summed E-state index contributed by atoms with van der Waals surface area (Å²) in [5.41, 5.74) is 4.75. The van der Waals surface area contributed by atoms with Crippen molar-refractivity contribution in [3.05, 3.63) is 99.5 Å². The number of nitrogens with zero attached hydrogens (tertiary/aromatic N) is 5. The molecule has 0 aliphatic rings. The molecule has 0 fully saturated rings. The van der Waals surface area contributed by atoms with E-state index in [1.165, 1.54) is 24.4 Å². The summed E-state index contributed by atoms with van der Waals surface area (Å²) in [6.45, 7) is 1.39. The van der Waals surface area contributed by atoms with E-state index in [1.807, 2.05) is 0 Å². The fourth-order valence-corrected chi connectivity index (χ4v) is 3.24. The van der Waals surface area contributed by atoms with Crippen LogP contribution in [0.1, 0.15) is 27.4 Å². The smallest absolute Gasteiger partial charge is 0.350 e. The van der Waals surface area contributed by atoms with Crippen molar-refractivity contribution in [2.75, 3.05) is 0 Å². The van der Waals surface area contributed by atoms with Gasteiger partial charge in [-0.15, -0.1) is 0 Å². The van der Waals surface area contributed by atoms with Crippen LogP contribution in [0.2, 0.25) is 0 Å². The number of nitrogens with two attached hydrogens (primary N) is 1. The average molecular weight is 442 g/mol. The van der Waals surface area contributed by atoms with Crippen molar-refractivity contribution in [3.8, 4) is 5.69 Å². The molecule has 0 bridgehead atoms. The van der Waals surface area contributed by atoms with E-state index in [-0.39, 0.29) is 35.6 Å². The molecule has 32 heavy (non-hydrogen) atoms. The van der Waals surface area contributed by atoms with E-state index >= 15 is 0 Å². The van der Waals surface area contributed by atoms with Gasteiger partial charge in [-0.3, -0.25) is 9.36 Å². The molecule has 0 atom stereocenters. The minimum atomic E-state index is -0.783. The van der Waals surface area contributed by atoms with Gasteiger partial charge in [0, 0.05) is 23.4 Å². The number of hydrogen-bond donors (Lipinski definition) is 1. The quantitative estimate of drug-likeness (QED) is 0.495. The summed E-state index contributed by atoms with van der Waals surface area (Å²) in [6, 6.07) is 7.49. The minimum Gasteiger partial charge on any atom is -0.364 e. The monoisotopic (exact) mass is 442 g/mol. The van der Waals surface area contributed by atoms with Crippen LogP contribution in [0.4, 0.5) is 13.2 Å². The molecule has 2 N–H and O–H groups in total. The molecule has 1 amide bonds. The fraction of sp³-hybridized carbons (Fsp3) is 0.143. The van der Waals surface area contributed by atoms with Gasteiger partial charge in [0.1, 0.15) is 35.3 Å². The Labute approximate surface area is 179 Å². The van der Waals surface area contributed by atoms with Gasteiger partial charge in [-0.25, -0.2) is 22.9 Å². The Morgan fingerprint density at radius 2 is 1.75 bits per heavy atom. The first kappa shape index (κ1) is 21.1. The maximum atomic E-state index is 14.7. The molecule has 0 saturated carbocycles. The van der Waals surface area contributed by atoms with E-state index in [0.29, 0.717) is 5.82 Å². The third kappa shape index (κ3) is 3.92. The molecular formula is C21H17F3N6O2. The number of rotatable bonds is 6. The number of aromatic nitrogens is 5. The Bertz CT molecular complexity index is 1370. The Balaban J connectivity index is 1.60. The molecule has 0 saturated heterocycles. The number of carbonyl (C=O) groups excluding carboxylic acids is 1. The van der Waals surface area contributed by atoms with Crippen molar-refractivity contribution < 1.29 is 18.0 Å². The second-order valence-corrected chi connectivity index (χ2v) is 7.09.